The monoisotopic (exact) mass is 652 g/mol. The third kappa shape index (κ3) is 7.47. The molecule has 4 aromatic carbocycles. The molecule has 0 aliphatic rings. The molecule has 9 nitrogen and oxygen atoms in total. The highest BCUT2D eigenvalue weighted by Crippen LogP contribution is 2.37. The van der Waals surface area contributed by atoms with E-state index in [2.05, 4.69) is 24.3 Å². The molecule has 10 heteroatoms. The highest BCUT2D eigenvalue weighted by molar-refractivity contribution is 6.32. The molecule has 0 atom stereocenters. The number of methoxy groups -OCH3 is 1. The number of hydrogen-bond acceptors (Lipinski definition) is 7. The fraction of sp³-hybridized carbons (Fsp3) is 0.243. The highest BCUT2D eigenvalue weighted by Gasteiger charge is 2.19. The number of nitrogens with one attached hydrogen (secondary N) is 1. The van der Waals surface area contributed by atoms with Crippen LogP contribution in [-0.2, 0) is 4.79 Å². The van der Waals surface area contributed by atoms with Crippen LogP contribution in [0.2, 0.25) is 5.02 Å². The number of ether oxygens (including phenoxy) is 3. The number of aryl methyl sites for hydroxylation is 2. The number of nitrogens with zero attached hydrogens (tertiary/aromatic N) is 3. The molecule has 1 amide bonds. The van der Waals surface area contributed by atoms with Gasteiger partial charge in [0, 0.05) is 11.3 Å². The molecule has 0 aliphatic heterocycles. The smallest absolute Gasteiger partial charge is 0.282 e. The van der Waals surface area contributed by atoms with Gasteiger partial charge in [0.25, 0.3) is 11.5 Å². The van der Waals surface area contributed by atoms with Crippen LogP contribution in [0.5, 0.6) is 17.2 Å². The van der Waals surface area contributed by atoms with Gasteiger partial charge in [0.2, 0.25) is 0 Å². The lowest BCUT2D eigenvalue weighted by Crippen LogP contribution is -2.21. The first kappa shape index (κ1) is 33.2. The second kappa shape index (κ2) is 14.5. The van der Waals surface area contributed by atoms with Crippen LogP contribution in [0.4, 0.5) is 5.69 Å². The van der Waals surface area contributed by atoms with Crippen molar-refractivity contribution in [3.05, 3.63) is 110 Å². The number of anilines is 1. The Kier molecular flexibility index (Phi) is 10.3. The summed E-state index contributed by atoms with van der Waals surface area (Å²) >= 11 is 6.65. The number of hydrogen-bond donors (Lipinski definition) is 1. The average molecular weight is 653 g/mol. The van der Waals surface area contributed by atoms with Gasteiger partial charge >= 0.3 is 0 Å². The Morgan fingerprint density at radius 2 is 1.77 bits per heavy atom. The van der Waals surface area contributed by atoms with Gasteiger partial charge in [0.1, 0.15) is 5.75 Å². The van der Waals surface area contributed by atoms with Crippen molar-refractivity contribution in [2.75, 3.05) is 25.6 Å². The molecule has 0 spiro atoms. The van der Waals surface area contributed by atoms with E-state index in [1.807, 2.05) is 69.3 Å². The fourth-order valence-corrected chi connectivity index (χ4v) is 5.41. The highest BCUT2D eigenvalue weighted by atomic mass is 35.5. The van der Waals surface area contributed by atoms with E-state index in [4.69, 9.17) is 30.8 Å². The summed E-state index contributed by atoms with van der Waals surface area (Å²) in [5.74, 6) is 1.55. The number of halogens is 1. The Bertz CT molecular complexity index is 2020. The number of para-hydroxylation sites is 1. The largest absolute Gasteiger partial charge is 0.496 e. The minimum absolute atomic E-state index is 0.168. The second-order valence-corrected chi connectivity index (χ2v) is 11.8. The standard InChI is InChI=1S/C37H37ClN4O5/c1-7-46-33-18-25(17-30(38)35(33)47-21-34(43)40-26-14-12-23(4)13-15-26)20-39-42-36(41-31-11-9-8-10-27(31)37(42)44)29-19-28(22(2)3)32(45-6)16-24(29)5/h8-20,22H,7,21H2,1-6H3,(H,40,43). The maximum Gasteiger partial charge on any atom is 0.282 e. The first-order chi connectivity index (χ1) is 22.6. The summed E-state index contributed by atoms with van der Waals surface area (Å²) in [5, 5.41) is 8.08. The van der Waals surface area contributed by atoms with Gasteiger partial charge in [-0.1, -0.05) is 55.3 Å². The Morgan fingerprint density at radius 3 is 2.47 bits per heavy atom. The molecule has 0 saturated heterocycles. The van der Waals surface area contributed by atoms with Crippen molar-refractivity contribution in [3.63, 3.8) is 0 Å². The maximum absolute atomic E-state index is 13.9. The average Bonchev–Trinajstić information content (AvgIpc) is 3.04. The minimum atomic E-state index is -0.344. The lowest BCUT2D eigenvalue weighted by Gasteiger charge is -2.17. The van der Waals surface area contributed by atoms with E-state index >= 15 is 0 Å². The van der Waals surface area contributed by atoms with Crippen molar-refractivity contribution in [1.29, 1.82) is 0 Å². The predicted octanol–water partition coefficient (Wildman–Crippen LogP) is 7.76. The molecular weight excluding hydrogens is 616 g/mol. The van der Waals surface area contributed by atoms with Crippen LogP contribution in [0.3, 0.4) is 0 Å². The summed E-state index contributed by atoms with van der Waals surface area (Å²) in [7, 11) is 1.65. The van der Waals surface area contributed by atoms with Crippen LogP contribution in [0.15, 0.2) is 82.7 Å². The molecule has 0 bridgehead atoms. The summed E-state index contributed by atoms with van der Waals surface area (Å²) in [5.41, 5.74) is 5.17. The Hall–Kier alpha value is -5.15. The number of carbonyl (C=O) groups excluding carboxylic acids is 1. The molecule has 0 fully saturated rings. The first-order valence-corrected chi connectivity index (χ1v) is 15.7. The zero-order valence-electron chi connectivity index (χ0n) is 27.3. The summed E-state index contributed by atoms with van der Waals surface area (Å²) in [6, 6.07) is 21.9. The minimum Gasteiger partial charge on any atom is -0.496 e. The van der Waals surface area contributed by atoms with Crippen molar-refractivity contribution in [2.24, 2.45) is 5.10 Å². The van der Waals surface area contributed by atoms with Gasteiger partial charge in [-0.3, -0.25) is 9.59 Å². The maximum atomic E-state index is 13.9. The normalized spacial score (nSPS) is 11.3. The van der Waals surface area contributed by atoms with Gasteiger partial charge in [-0.15, -0.1) is 0 Å². The molecule has 5 rings (SSSR count). The van der Waals surface area contributed by atoms with Crippen LogP contribution in [0.25, 0.3) is 22.3 Å². The zero-order chi connectivity index (χ0) is 33.7. The van der Waals surface area contributed by atoms with E-state index in [1.165, 1.54) is 10.9 Å². The van der Waals surface area contributed by atoms with E-state index in [0.717, 1.165) is 28.0 Å². The van der Waals surface area contributed by atoms with Gasteiger partial charge in [-0.05, 0) is 91.9 Å². The predicted molar refractivity (Wildman–Crippen MR) is 188 cm³/mol. The molecule has 0 aliphatic carbocycles. The van der Waals surface area contributed by atoms with E-state index in [0.29, 0.717) is 40.3 Å². The third-order valence-corrected chi connectivity index (χ3v) is 7.81. The van der Waals surface area contributed by atoms with Crippen molar-refractivity contribution < 1.29 is 19.0 Å². The zero-order valence-corrected chi connectivity index (χ0v) is 28.0. The molecule has 242 valence electrons. The number of carbonyl (C=O) groups is 1. The van der Waals surface area contributed by atoms with Gasteiger partial charge in [0.15, 0.2) is 23.9 Å². The van der Waals surface area contributed by atoms with Crippen LogP contribution in [-0.4, -0.2) is 42.1 Å². The van der Waals surface area contributed by atoms with Crippen LogP contribution in [0, 0.1) is 13.8 Å². The molecule has 1 aromatic heterocycles. The van der Waals surface area contributed by atoms with E-state index in [-0.39, 0.29) is 34.8 Å². The number of fused-ring (bicyclic) bond motifs is 1. The molecule has 1 heterocycles. The Balaban J connectivity index is 1.51. The fourth-order valence-electron chi connectivity index (χ4n) is 5.13. The van der Waals surface area contributed by atoms with E-state index in [1.54, 1.807) is 31.4 Å². The Labute approximate surface area is 278 Å². The van der Waals surface area contributed by atoms with Crippen LogP contribution in [0.1, 0.15) is 48.9 Å². The first-order valence-electron chi connectivity index (χ1n) is 15.3. The number of rotatable bonds is 11. The van der Waals surface area contributed by atoms with Gasteiger partial charge in [-0.2, -0.15) is 9.78 Å². The number of aromatic nitrogens is 2. The van der Waals surface area contributed by atoms with Gasteiger partial charge < -0.3 is 19.5 Å². The summed E-state index contributed by atoms with van der Waals surface area (Å²) in [6.07, 6.45) is 1.52. The van der Waals surface area contributed by atoms with Crippen molar-refractivity contribution in [3.8, 4) is 28.6 Å². The lowest BCUT2D eigenvalue weighted by atomic mass is 9.96. The number of benzene rings is 4. The third-order valence-electron chi connectivity index (χ3n) is 7.53. The van der Waals surface area contributed by atoms with Crippen molar-refractivity contribution >= 4 is 40.3 Å². The summed E-state index contributed by atoms with van der Waals surface area (Å²) in [6.45, 7) is 9.97. The second-order valence-electron chi connectivity index (χ2n) is 11.3. The SMILES string of the molecule is CCOc1cc(C=Nn2c(-c3cc(C(C)C)c(OC)cc3C)nc3ccccc3c2=O)cc(Cl)c1OCC(=O)Nc1ccc(C)cc1. The van der Waals surface area contributed by atoms with Gasteiger partial charge in [-0.25, -0.2) is 4.98 Å². The van der Waals surface area contributed by atoms with E-state index in [9.17, 15) is 9.59 Å². The van der Waals surface area contributed by atoms with Crippen LogP contribution >= 0.6 is 11.6 Å². The molecule has 47 heavy (non-hydrogen) atoms. The summed E-state index contributed by atoms with van der Waals surface area (Å²) < 4.78 is 18.6. The topological polar surface area (TPSA) is 104 Å². The number of amides is 1. The van der Waals surface area contributed by atoms with Crippen molar-refractivity contribution in [1.82, 2.24) is 9.66 Å². The molecule has 1 N–H and O–H groups in total. The molecule has 0 radical (unpaired) electrons. The molecular formula is C37H37ClN4O5. The molecule has 0 unspecified atom stereocenters. The molecule has 0 saturated carbocycles. The van der Waals surface area contributed by atoms with Crippen LogP contribution < -0.4 is 25.1 Å². The van der Waals surface area contributed by atoms with E-state index < -0.39 is 0 Å². The molecule has 5 aromatic rings. The lowest BCUT2D eigenvalue weighted by molar-refractivity contribution is -0.118. The Morgan fingerprint density at radius 1 is 1.02 bits per heavy atom. The quantitative estimate of drug-likeness (QED) is 0.146. The van der Waals surface area contributed by atoms with Gasteiger partial charge in [0.05, 0.1) is 35.9 Å². The summed E-state index contributed by atoms with van der Waals surface area (Å²) in [4.78, 5) is 31.3. The van der Waals surface area contributed by atoms with Crippen molar-refractivity contribution in [2.45, 2.75) is 40.5 Å².